The van der Waals surface area contributed by atoms with Crippen LogP contribution >= 0.6 is 0 Å². The lowest BCUT2D eigenvalue weighted by Gasteiger charge is -2.09. The van der Waals surface area contributed by atoms with Gasteiger partial charge < -0.3 is 19.9 Å². The number of nitrogens with one attached hydrogen (secondary N) is 1. The van der Waals surface area contributed by atoms with Crippen LogP contribution in [0.15, 0.2) is 42.5 Å². The van der Waals surface area contributed by atoms with Crippen LogP contribution in [0.1, 0.15) is 33.0 Å². The first-order valence-electron chi connectivity index (χ1n) is 7.79. The summed E-state index contributed by atoms with van der Waals surface area (Å²) in [6, 6.07) is 11.7. The number of carboxylic acids is 1. The molecule has 0 unspecified atom stereocenters. The Balaban J connectivity index is 1.91. The van der Waals surface area contributed by atoms with E-state index in [1.54, 1.807) is 7.11 Å². The van der Waals surface area contributed by atoms with Gasteiger partial charge in [0.2, 0.25) is 0 Å². The lowest BCUT2D eigenvalue weighted by molar-refractivity contribution is 0.0690. The van der Waals surface area contributed by atoms with E-state index >= 15 is 0 Å². The molecule has 25 heavy (non-hydrogen) atoms. The Morgan fingerprint density at radius 1 is 1.12 bits per heavy atom. The maximum absolute atomic E-state index is 12.1. The Bertz CT molecular complexity index is 733. The molecule has 0 saturated heterocycles. The predicted octanol–water partition coefficient (Wildman–Crippen LogP) is 2.13. The third-order valence-corrected chi connectivity index (χ3v) is 3.31. The maximum atomic E-state index is 12.1. The number of ether oxygens (including phenoxy) is 2. The van der Waals surface area contributed by atoms with Crippen LogP contribution in [0.4, 0.5) is 0 Å². The molecule has 0 radical (unpaired) electrons. The number of carbonyl (C=O) groups excluding carboxylic acids is 1. The molecule has 0 aliphatic rings. The Kier molecular flexibility index (Phi) is 6.91. The van der Waals surface area contributed by atoms with E-state index in [-0.39, 0.29) is 17.9 Å². The minimum Gasteiger partial charge on any atom is -0.493 e. The zero-order valence-corrected chi connectivity index (χ0v) is 13.9. The fourth-order valence-electron chi connectivity index (χ4n) is 2.09. The summed E-state index contributed by atoms with van der Waals surface area (Å²) in [5, 5.41) is 11.6. The zero-order chi connectivity index (χ0) is 18.1. The minimum absolute atomic E-state index is 0.0619. The number of carboxylic acid groups (broad SMARTS) is 1. The molecule has 1 aromatic carbocycles. The fraction of sp³-hybridized carbons (Fsp3) is 0.278. The van der Waals surface area contributed by atoms with Gasteiger partial charge in [-0.05, 0) is 29.8 Å². The van der Waals surface area contributed by atoms with Gasteiger partial charge in [0.1, 0.15) is 17.1 Å². The third-order valence-electron chi connectivity index (χ3n) is 3.31. The molecule has 0 saturated carbocycles. The average molecular weight is 344 g/mol. The minimum atomic E-state index is -1.17. The van der Waals surface area contributed by atoms with Crippen molar-refractivity contribution < 1.29 is 24.2 Å². The lowest BCUT2D eigenvalue weighted by Crippen LogP contribution is -2.24. The number of hydrogen-bond donors (Lipinski definition) is 2. The maximum Gasteiger partial charge on any atom is 0.354 e. The molecule has 1 amide bonds. The van der Waals surface area contributed by atoms with Gasteiger partial charge in [0, 0.05) is 26.7 Å². The molecular weight excluding hydrogens is 324 g/mol. The van der Waals surface area contributed by atoms with E-state index in [0.717, 1.165) is 12.0 Å². The van der Waals surface area contributed by atoms with Crippen LogP contribution in [0, 0.1) is 0 Å². The number of carbonyl (C=O) groups is 2. The molecule has 0 bridgehead atoms. The largest absolute Gasteiger partial charge is 0.493 e. The predicted molar refractivity (Wildman–Crippen MR) is 90.8 cm³/mol. The molecule has 1 aromatic heterocycles. The second kappa shape index (κ2) is 9.39. The summed E-state index contributed by atoms with van der Waals surface area (Å²) >= 11 is 0. The second-order valence-electron chi connectivity index (χ2n) is 5.24. The quantitative estimate of drug-likeness (QED) is 0.676. The number of pyridine rings is 1. The van der Waals surface area contributed by atoms with Gasteiger partial charge in [-0.3, -0.25) is 4.79 Å². The Morgan fingerprint density at radius 3 is 2.64 bits per heavy atom. The number of hydrogen-bond acceptors (Lipinski definition) is 5. The first kappa shape index (κ1) is 18.4. The summed E-state index contributed by atoms with van der Waals surface area (Å²) in [4.78, 5) is 26.8. The molecule has 0 fully saturated rings. The standard InChI is InChI=1S/C18H20N2O5/c1-24-9-4-10-25-14-6-2-5-13(11-14)12-19-17(21)15-7-3-8-16(20-15)18(22)23/h2-3,5-8,11H,4,9-10,12H2,1H3,(H,19,21)(H,22,23). The van der Waals surface area contributed by atoms with E-state index in [1.807, 2.05) is 24.3 Å². The highest BCUT2D eigenvalue weighted by molar-refractivity contribution is 5.94. The van der Waals surface area contributed by atoms with E-state index < -0.39 is 11.9 Å². The summed E-state index contributed by atoms with van der Waals surface area (Å²) < 4.78 is 10.6. The van der Waals surface area contributed by atoms with Crippen molar-refractivity contribution in [3.05, 3.63) is 59.4 Å². The summed E-state index contributed by atoms with van der Waals surface area (Å²) in [7, 11) is 1.64. The molecule has 0 spiro atoms. The van der Waals surface area contributed by atoms with E-state index in [9.17, 15) is 9.59 Å². The number of methoxy groups -OCH3 is 1. The third kappa shape index (κ3) is 5.89. The molecule has 1 heterocycles. The molecule has 2 aromatic rings. The molecule has 2 rings (SSSR count). The van der Waals surface area contributed by atoms with Crippen LogP contribution in [0.5, 0.6) is 5.75 Å². The summed E-state index contributed by atoms with van der Waals surface area (Å²) in [6.45, 7) is 1.47. The number of aromatic nitrogens is 1. The van der Waals surface area contributed by atoms with Crippen molar-refractivity contribution in [1.29, 1.82) is 0 Å². The highest BCUT2D eigenvalue weighted by Crippen LogP contribution is 2.13. The molecule has 0 aliphatic carbocycles. The van der Waals surface area contributed by atoms with Gasteiger partial charge in [-0.25, -0.2) is 9.78 Å². The molecule has 2 N–H and O–H groups in total. The van der Waals surface area contributed by atoms with E-state index in [4.69, 9.17) is 14.6 Å². The Morgan fingerprint density at radius 2 is 1.88 bits per heavy atom. The first-order valence-corrected chi connectivity index (χ1v) is 7.79. The van der Waals surface area contributed by atoms with Gasteiger partial charge >= 0.3 is 5.97 Å². The molecular formula is C18H20N2O5. The summed E-state index contributed by atoms with van der Waals surface area (Å²) in [5.74, 6) is -0.892. The van der Waals surface area contributed by atoms with Crippen LogP contribution in [-0.2, 0) is 11.3 Å². The van der Waals surface area contributed by atoms with E-state index in [1.165, 1.54) is 18.2 Å². The van der Waals surface area contributed by atoms with Gasteiger partial charge in [-0.1, -0.05) is 18.2 Å². The van der Waals surface area contributed by atoms with E-state index in [2.05, 4.69) is 10.3 Å². The van der Waals surface area contributed by atoms with Crippen molar-refractivity contribution in [2.75, 3.05) is 20.3 Å². The number of amides is 1. The normalized spacial score (nSPS) is 10.3. The van der Waals surface area contributed by atoms with E-state index in [0.29, 0.717) is 19.0 Å². The Hall–Kier alpha value is -2.93. The van der Waals surface area contributed by atoms with Gasteiger partial charge in [-0.15, -0.1) is 0 Å². The number of nitrogens with zero attached hydrogens (tertiary/aromatic N) is 1. The van der Waals surface area contributed by atoms with Crippen LogP contribution in [0.3, 0.4) is 0 Å². The lowest BCUT2D eigenvalue weighted by atomic mass is 10.2. The highest BCUT2D eigenvalue weighted by Gasteiger charge is 2.11. The monoisotopic (exact) mass is 344 g/mol. The number of aromatic carboxylic acids is 1. The van der Waals surface area contributed by atoms with Gasteiger partial charge in [0.05, 0.1) is 6.61 Å². The van der Waals surface area contributed by atoms with Gasteiger partial charge in [0.15, 0.2) is 0 Å². The summed E-state index contributed by atoms with van der Waals surface area (Å²) in [6.07, 6.45) is 0.795. The molecule has 7 nitrogen and oxygen atoms in total. The number of rotatable bonds is 9. The SMILES string of the molecule is COCCCOc1cccc(CNC(=O)c2cccc(C(=O)O)n2)c1. The van der Waals surface area contributed by atoms with Crippen molar-refractivity contribution in [3.63, 3.8) is 0 Å². The fourth-order valence-corrected chi connectivity index (χ4v) is 2.09. The van der Waals surface area contributed by atoms with Gasteiger partial charge in [-0.2, -0.15) is 0 Å². The zero-order valence-electron chi connectivity index (χ0n) is 13.9. The van der Waals surface area contributed by atoms with Crippen LogP contribution in [0.25, 0.3) is 0 Å². The molecule has 7 heteroatoms. The molecule has 0 aliphatic heterocycles. The van der Waals surface area contributed by atoms with Crippen LogP contribution in [-0.4, -0.2) is 42.3 Å². The van der Waals surface area contributed by atoms with Crippen molar-refractivity contribution >= 4 is 11.9 Å². The first-order chi connectivity index (χ1) is 12.1. The van der Waals surface area contributed by atoms with Crippen molar-refractivity contribution in [1.82, 2.24) is 10.3 Å². The summed E-state index contributed by atoms with van der Waals surface area (Å²) in [5.41, 5.74) is 0.762. The molecule has 132 valence electrons. The van der Waals surface area contributed by atoms with Gasteiger partial charge in [0.25, 0.3) is 5.91 Å². The topological polar surface area (TPSA) is 97.8 Å². The average Bonchev–Trinajstić information content (AvgIpc) is 2.64. The highest BCUT2D eigenvalue weighted by atomic mass is 16.5. The van der Waals surface area contributed by atoms with Crippen molar-refractivity contribution in [2.24, 2.45) is 0 Å². The van der Waals surface area contributed by atoms with Crippen LogP contribution < -0.4 is 10.1 Å². The second-order valence-corrected chi connectivity index (χ2v) is 5.24. The van der Waals surface area contributed by atoms with Crippen molar-refractivity contribution in [3.8, 4) is 5.75 Å². The smallest absolute Gasteiger partial charge is 0.354 e. The van der Waals surface area contributed by atoms with Crippen molar-refractivity contribution in [2.45, 2.75) is 13.0 Å². The molecule has 0 atom stereocenters. The number of benzene rings is 1. The Labute approximate surface area is 145 Å². The van der Waals surface area contributed by atoms with Crippen LogP contribution in [0.2, 0.25) is 0 Å².